The maximum atomic E-state index is 11.4. The number of carbonyl (C=O) groups is 1. The van der Waals surface area contributed by atoms with Crippen LogP contribution in [0.4, 0.5) is 0 Å². The van der Waals surface area contributed by atoms with E-state index in [9.17, 15) is 14.8 Å². The molecule has 0 bridgehead atoms. The van der Waals surface area contributed by atoms with Crippen molar-refractivity contribution in [1.82, 2.24) is 5.32 Å². The third-order valence-corrected chi connectivity index (χ3v) is 8.21. The Morgan fingerprint density at radius 3 is 2.46 bits per heavy atom. The van der Waals surface area contributed by atoms with Crippen LogP contribution in [0.5, 0.6) is 0 Å². The van der Waals surface area contributed by atoms with Crippen LogP contribution in [0.3, 0.4) is 0 Å². The lowest BCUT2D eigenvalue weighted by molar-refractivity contribution is -0.139. The largest absolute Gasteiger partial charge is 0.481 e. The summed E-state index contributed by atoms with van der Waals surface area (Å²) in [6, 6.07) is 0.238. The predicted molar refractivity (Wildman–Crippen MR) is 112 cm³/mol. The molecule has 3 aliphatic rings. The van der Waals surface area contributed by atoms with E-state index in [2.05, 4.69) is 37.3 Å². The molecule has 1 heterocycles. The summed E-state index contributed by atoms with van der Waals surface area (Å²) in [5.74, 6) is 2.23. The maximum absolute atomic E-state index is 11.4. The number of carboxylic acid groups (broad SMARTS) is 1. The highest BCUT2D eigenvalue weighted by molar-refractivity contribution is 5.67. The highest BCUT2D eigenvalue weighted by Gasteiger charge is 2.41. The molecule has 8 unspecified atom stereocenters. The molecule has 1 aliphatic heterocycles. The van der Waals surface area contributed by atoms with Gasteiger partial charge in [0.1, 0.15) is 6.04 Å². The first kappa shape index (κ1) is 21.5. The van der Waals surface area contributed by atoms with E-state index in [4.69, 9.17) is 0 Å². The van der Waals surface area contributed by atoms with Gasteiger partial charge in [-0.15, -0.1) is 0 Å². The lowest BCUT2D eigenvalue weighted by Gasteiger charge is -2.46. The van der Waals surface area contributed by atoms with Gasteiger partial charge in [-0.3, -0.25) is 4.79 Å². The van der Waals surface area contributed by atoms with E-state index in [1.54, 1.807) is 0 Å². The van der Waals surface area contributed by atoms with Crippen LogP contribution in [0.1, 0.15) is 72.1 Å². The van der Waals surface area contributed by atoms with Gasteiger partial charge in [0.2, 0.25) is 0 Å². The lowest BCUT2D eigenvalue weighted by atomic mass is 9.61. The second kappa shape index (κ2) is 9.51. The molecule has 2 N–H and O–H groups in total. The van der Waals surface area contributed by atoms with Crippen molar-refractivity contribution >= 4 is 5.97 Å². The summed E-state index contributed by atoms with van der Waals surface area (Å²) in [5, 5.41) is 16.4. The molecule has 28 heavy (non-hydrogen) atoms. The third kappa shape index (κ3) is 4.84. The minimum absolute atomic E-state index is 0.180. The van der Waals surface area contributed by atoms with E-state index >= 15 is 0 Å². The Bertz CT molecular complexity index is 572. The van der Waals surface area contributed by atoms with Gasteiger partial charge in [0.15, 0.2) is 0 Å². The molecule has 2 aliphatic carbocycles. The predicted octanol–water partition coefficient (Wildman–Crippen LogP) is 5.01. The molecule has 2 saturated carbocycles. The van der Waals surface area contributed by atoms with Crippen LogP contribution in [0.2, 0.25) is 0 Å². The van der Waals surface area contributed by atoms with Crippen molar-refractivity contribution in [2.24, 2.45) is 40.7 Å². The Kier molecular flexibility index (Phi) is 7.30. The second-order valence-corrected chi connectivity index (χ2v) is 9.87. The topological polar surface area (TPSA) is 78.8 Å². The molecular weight excluding hydrogens is 352 g/mol. The van der Waals surface area contributed by atoms with Crippen molar-refractivity contribution < 1.29 is 9.90 Å². The van der Waals surface area contributed by atoms with Crippen molar-refractivity contribution in [2.45, 2.75) is 90.3 Å². The van der Waals surface area contributed by atoms with Crippen molar-refractivity contribution in [3.8, 4) is 0 Å². The fourth-order valence-electron chi connectivity index (χ4n) is 6.36. The molecule has 0 spiro atoms. The fraction of sp³-hybridized carbons (Fsp3) is 0.870. The number of hydrogen-bond acceptors (Lipinski definition) is 4. The van der Waals surface area contributed by atoms with Gasteiger partial charge in [-0.1, -0.05) is 57.4 Å². The third-order valence-electron chi connectivity index (χ3n) is 8.21. The molecule has 3 rings (SSSR count). The van der Waals surface area contributed by atoms with Crippen LogP contribution in [0.15, 0.2) is 17.3 Å². The standard InChI is InChI=1S/C23H38N2O3/c1-14-11-18(12-22(26)27)15(2)16(3)20(14)13-19-9-10-21(25-28)23(24-19)17-7-5-4-6-8-17/h9-10,14-21,23-24H,4-8,11-13H2,1-3H3,(H,26,27). The summed E-state index contributed by atoms with van der Waals surface area (Å²) >= 11 is 0. The van der Waals surface area contributed by atoms with Crippen molar-refractivity contribution in [3.63, 3.8) is 0 Å². The summed E-state index contributed by atoms with van der Waals surface area (Å²) in [7, 11) is 0. The Morgan fingerprint density at radius 2 is 1.82 bits per heavy atom. The van der Waals surface area contributed by atoms with Gasteiger partial charge in [-0.05, 0) is 61.2 Å². The van der Waals surface area contributed by atoms with E-state index in [1.165, 1.54) is 32.1 Å². The molecule has 158 valence electrons. The zero-order chi connectivity index (χ0) is 20.3. The maximum Gasteiger partial charge on any atom is 0.303 e. The van der Waals surface area contributed by atoms with Gasteiger partial charge >= 0.3 is 5.97 Å². The monoisotopic (exact) mass is 390 g/mol. The molecule has 2 fully saturated rings. The summed E-state index contributed by atoms with van der Waals surface area (Å²) in [6.07, 6.45) is 12.8. The van der Waals surface area contributed by atoms with Gasteiger partial charge in [0.05, 0.1) is 0 Å². The number of rotatable bonds is 6. The number of aliphatic carboxylic acids is 1. The zero-order valence-corrected chi connectivity index (χ0v) is 17.7. The van der Waals surface area contributed by atoms with Crippen LogP contribution < -0.4 is 5.32 Å². The average molecular weight is 391 g/mol. The molecule has 8 atom stereocenters. The molecule has 0 aromatic rings. The van der Waals surface area contributed by atoms with Gasteiger partial charge in [-0.25, -0.2) is 0 Å². The summed E-state index contributed by atoms with van der Waals surface area (Å²) in [5.41, 5.74) is 0. The Balaban J connectivity index is 1.65. The van der Waals surface area contributed by atoms with E-state index in [0.717, 1.165) is 12.8 Å². The molecule has 0 saturated heterocycles. The Labute approximate surface area is 169 Å². The first-order chi connectivity index (χ1) is 13.4. The molecule has 0 amide bonds. The molecule has 0 aromatic carbocycles. The van der Waals surface area contributed by atoms with Crippen molar-refractivity contribution in [1.29, 1.82) is 0 Å². The number of carboxylic acids is 1. The summed E-state index contributed by atoms with van der Waals surface area (Å²) in [4.78, 5) is 22.6. The number of nitroso groups, excluding NO2 is 1. The molecular formula is C23H38N2O3. The first-order valence-electron chi connectivity index (χ1n) is 11.4. The van der Waals surface area contributed by atoms with E-state index in [1.807, 2.05) is 6.08 Å². The summed E-state index contributed by atoms with van der Waals surface area (Å²) in [6.45, 7) is 6.84. The van der Waals surface area contributed by atoms with Crippen molar-refractivity contribution in [2.75, 3.05) is 0 Å². The Morgan fingerprint density at radius 1 is 1.11 bits per heavy atom. The molecule has 0 radical (unpaired) electrons. The highest BCUT2D eigenvalue weighted by Crippen LogP contribution is 2.45. The summed E-state index contributed by atoms with van der Waals surface area (Å²) < 4.78 is 0. The van der Waals surface area contributed by atoms with Gasteiger partial charge in [-0.2, -0.15) is 4.91 Å². The second-order valence-electron chi connectivity index (χ2n) is 9.87. The molecule has 5 nitrogen and oxygen atoms in total. The number of hydrogen-bond donors (Lipinski definition) is 2. The quantitative estimate of drug-likeness (QED) is 0.494. The Hall–Kier alpha value is -1.23. The van der Waals surface area contributed by atoms with Crippen LogP contribution in [0, 0.1) is 40.4 Å². The van der Waals surface area contributed by atoms with Gasteiger partial charge in [0.25, 0.3) is 0 Å². The van der Waals surface area contributed by atoms with Crippen LogP contribution >= 0.6 is 0 Å². The van der Waals surface area contributed by atoms with Gasteiger partial charge in [0, 0.05) is 18.5 Å². The number of nitrogens with zero attached hydrogens (tertiary/aromatic N) is 1. The average Bonchev–Trinajstić information content (AvgIpc) is 2.69. The van der Waals surface area contributed by atoms with E-state index in [0.29, 0.717) is 42.1 Å². The van der Waals surface area contributed by atoms with Crippen LogP contribution in [-0.2, 0) is 4.79 Å². The minimum Gasteiger partial charge on any atom is -0.481 e. The number of nitrogens with one attached hydrogen (secondary N) is 1. The van der Waals surface area contributed by atoms with Crippen LogP contribution in [0.25, 0.3) is 0 Å². The fourth-order valence-corrected chi connectivity index (χ4v) is 6.36. The SMILES string of the molecule is CC1CC(CC(=O)O)C(C)C(C)C1CC1C=CC(N=O)C(C2CCCCC2)N1. The smallest absolute Gasteiger partial charge is 0.303 e. The zero-order valence-electron chi connectivity index (χ0n) is 17.7. The van der Waals surface area contributed by atoms with E-state index < -0.39 is 5.97 Å². The van der Waals surface area contributed by atoms with E-state index in [-0.39, 0.29) is 18.0 Å². The lowest BCUT2D eigenvalue weighted by Crippen LogP contribution is -2.52. The minimum atomic E-state index is -0.672. The first-order valence-corrected chi connectivity index (χ1v) is 11.4. The van der Waals surface area contributed by atoms with Crippen LogP contribution in [-0.4, -0.2) is 29.2 Å². The highest BCUT2D eigenvalue weighted by atomic mass is 16.4. The van der Waals surface area contributed by atoms with Crippen molar-refractivity contribution in [3.05, 3.63) is 17.1 Å². The normalized spacial score (nSPS) is 42.2. The molecule has 0 aromatic heterocycles. The van der Waals surface area contributed by atoms with Gasteiger partial charge < -0.3 is 10.4 Å². The molecule has 5 heteroatoms.